The molecule has 1 aliphatic heterocycles. The van der Waals surface area contributed by atoms with E-state index in [4.69, 9.17) is 23.2 Å². The van der Waals surface area contributed by atoms with Gasteiger partial charge in [0.05, 0.1) is 5.02 Å². The van der Waals surface area contributed by atoms with E-state index in [0.29, 0.717) is 28.8 Å². The lowest BCUT2D eigenvalue weighted by molar-refractivity contribution is -0.131. The predicted octanol–water partition coefficient (Wildman–Crippen LogP) is 4.94. The van der Waals surface area contributed by atoms with Crippen molar-refractivity contribution in [3.05, 3.63) is 64.1 Å². The maximum atomic E-state index is 13.0. The quantitative estimate of drug-likeness (QED) is 0.543. The Hall–Kier alpha value is -1.69. The molecule has 1 fully saturated rings. The van der Waals surface area contributed by atoms with Crippen LogP contribution in [0.1, 0.15) is 18.9 Å². The monoisotopic (exact) mass is 408 g/mol. The zero-order valence-corrected chi connectivity index (χ0v) is 16.5. The third-order valence-corrected chi connectivity index (χ3v) is 6.15. The van der Waals surface area contributed by atoms with Gasteiger partial charge in [-0.05, 0) is 30.2 Å². The lowest BCUT2D eigenvalue weighted by atomic mass is 9.87. The van der Waals surface area contributed by atoms with Gasteiger partial charge in [0.25, 0.3) is 5.91 Å². The molecule has 7 heteroatoms. The van der Waals surface area contributed by atoms with Gasteiger partial charge in [-0.1, -0.05) is 60.5 Å². The highest BCUT2D eigenvalue weighted by molar-refractivity contribution is 7.99. The van der Waals surface area contributed by atoms with Gasteiger partial charge in [0.2, 0.25) is 0 Å². The molecule has 0 bridgehead atoms. The molecule has 4 nitrogen and oxygen atoms in total. The van der Waals surface area contributed by atoms with Crippen LogP contribution in [0.25, 0.3) is 0 Å². The molecule has 0 unspecified atom stereocenters. The fourth-order valence-electron chi connectivity index (χ4n) is 3.03. The fraction of sp³-hybridized carbons (Fsp3) is 0.263. The number of nitrogens with one attached hydrogen (secondary N) is 1. The average Bonchev–Trinajstić information content (AvgIpc) is 2.90. The van der Waals surface area contributed by atoms with E-state index < -0.39 is 5.54 Å². The van der Waals surface area contributed by atoms with Crippen LogP contribution in [-0.2, 0) is 10.3 Å². The number of hydrogen-bond acceptors (Lipinski definition) is 3. The summed E-state index contributed by atoms with van der Waals surface area (Å²) >= 11 is 13.6. The van der Waals surface area contributed by atoms with Crippen LogP contribution in [0.4, 0.5) is 4.79 Å². The number of halogens is 2. The number of hydrogen-bond donors (Lipinski definition) is 1. The molecule has 3 rings (SSSR count). The molecule has 136 valence electrons. The van der Waals surface area contributed by atoms with Gasteiger partial charge < -0.3 is 5.32 Å². The topological polar surface area (TPSA) is 49.4 Å². The van der Waals surface area contributed by atoms with E-state index in [1.807, 2.05) is 37.3 Å². The van der Waals surface area contributed by atoms with Gasteiger partial charge in [-0.2, -0.15) is 0 Å². The summed E-state index contributed by atoms with van der Waals surface area (Å²) in [5.74, 6) is 0.322. The Morgan fingerprint density at radius 3 is 2.54 bits per heavy atom. The van der Waals surface area contributed by atoms with Crippen LogP contribution in [-0.4, -0.2) is 29.1 Å². The van der Waals surface area contributed by atoms with Crippen molar-refractivity contribution >= 4 is 46.9 Å². The number of rotatable bonds is 6. The Bertz CT molecular complexity index is 832. The first-order valence-corrected chi connectivity index (χ1v) is 9.99. The van der Waals surface area contributed by atoms with Crippen molar-refractivity contribution in [1.82, 2.24) is 10.2 Å². The second-order valence-corrected chi connectivity index (χ2v) is 7.92. The Morgan fingerprint density at radius 2 is 1.85 bits per heavy atom. The van der Waals surface area contributed by atoms with Crippen LogP contribution < -0.4 is 5.32 Å². The molecule has 0 radical (unpaired) electrons. The van der Waals surface area contributed by atoms with Crippen molar-refractivity contribution in [2.75, 3.05) is 12.3 Å². The summed E-state index contributed by atoms with van der Waals surface area (Å²) in [6, 6.07) is 14.2. The summed E-state index contributed by atoms with van der Waals surface area (Å²) in [6.45, 7) is 2.20. The Balaban J connectivity index is 1.72. The average molecular weight is 409 g/mol. The molecule has 0 aliphatic carbocycles. The van der Waals surface area contributed by atoms with E-state index in [1.165, 1.54) is 16.7 Å². The molecule has 0 saturated carbocycles. The highest BCUT2D eigenvalue weighted by atomic mass is 35.5. The first-order valence-electron chi connectivity index (χ1n) is 8.25. The van der Waals surface area contributed by atoms with Crippen LogP contribution in [0.3, 0.4) is 0 Å². The van der Waals surface area contributed by atoms with Crippen molar-refractivity contribution in [3.8, 4) is 0 Å². The summed E-state index contributed by atoms with van der Waals surface area (Å²) in [7, 11) is 0. The highest BCUT2D eigenvalue weighted by Gasteiger charge is 2.50. The van der Waals surface area contributed by atoms with Gasteiger partial charge in [-0.3, -0.25) is 9.69 Å². The minimum Gasteiger partial charge on any atom is -0.319 e. The Kier molecular flexibility index (Phi) is 5.80. The Morgan fingerprint density at radius 1 is 1.12 bits per heavy atom. The van der Waals surface area contributed by atoms with Crippen LogP contribution >= 0.6 is 35.0 Å². The maximum absolute atomic E-state index is 13.0. The van der Waals surface area contributed by atoms with E-state index in [-0.39, 0.29) is 11.9 Å². The van der Waals surface area contributed by atoms with E-state index in [1.54, 1.807) is 18.2 Å². The minimum absolute atomic E-state index is 0.214. The number of carbonyl (C=O) groups excluding carboxylic acids is 2. The Labute approximate surface area is 166 Å². The minimum atomic E-state index is -0.989. The smallest absolute Gasteiger partial charge is 0.319 e. The lowest BCUT2D eigenvalue weighted by Gasteiger charge is -2.25. The summed E-state index contributed by atoms with van der Waals surface area (Å²) < 4.78 is 0. The molecular formula is C19H18Cl2N2O2S. The van der Waals surface area contributed by atoms with Gasteiger partial charge in [-0.15, -0.1) is 11.8 Å². The zero-order chi connectivity index (χ0) is 18.7. The van der Waals surface area contributed by atoms with E-state index in [2.05, 4.69) is 5.32 Å². The van der Waals surface area contributed by atoms with Gasteiger partial charge >= 0.3 is 6.03 Å². The molecule has 1 aliphatic rings. The third-order valence-electron chi connectivity index (χ3n) is 4.44. The van der Waals surface area contributed by atoms with E-state index in [0.717, 1.165) is 10.5 Å². The van der Waals surface area contributed by atoms with E-state index >= 15 is 0 Å². The number of carbonyl (C=O) groups is 2. The SMILES string of the molecule is CC[C@@]1(c2ccccc2)NC(=O)N(CCSc2cc(Cl)ccc2Cl)C1=O. The fourth-order valence-corrected chi connectivity index (χ4v) is 4.45. The number of thioether (sulfide) groups is 1. The summed E-state index contributed by atoms with van der Waals surface area (Å²) in [5.41, 5.74) is -0.189. The number of nitrogens with zero attached hydrogens (tertiary/aromatic N) is 1. The van der Waals surface area contributed by atoms with Crippen LogP contribution in [0.15, 0.2) is 53.4 Å². The first-order chi connectivity index (χ1) is 12.5. The third kappa shape index (κ3) is 3.56. The number of amides is 3. The standard InChI is InChI=1S/C19H18Cl2N2O2S/c1-2-19(13-6-4-3-5-7-13)17(24)23(18(25)22-19)10-11-26-16-12-14(20)8-9-15(16)21/h3-9,12H,2,10-11H2,1H3,(H,22,25)/t19-/m0/s1. The highest BCUT2D eigenvalue weighted by Crippen LogP contribution is 2.33. The molecule has 1 saturated heterocycles. The lowest BCUT2D eigenvalue weighted by Crippen LogP contribution is -2.43. The molecular weight excluding hydrogens is 391 g/mol. The molecule has 1 N–H and O–H groups in total. The largest absolute Gasteiger partial charge is 0.325 e. The van der Waals surface area contributed by atoms with Crippen LogP contribution in [0.2, 0.25) is 10.0 Å². The summed E-state index contributed by atoms with van der Waals surface area (Å²) in [6.07, 6.45) is 0.491. The summed E-state index contributed by atoms with van der Waals surface area (Å²) in [4.78, 5) is 27.6. The van der Waals surface area contributed by atoms with Crippen molar-refractivity contribution in [2.45, 2.75) is 23.8 Å². The molecule has 0 aromatic heterocycles. The number of urea groups is 1. The van der Waals surface area contributed by atoms with Gasteiger partial charge in [0, 0.05) is 22.2 Å². The molecule has 3 amide bonds. The van der Waals surface area contributed by atoms with Crippen LogP contribution in [0, 0.1) is 0 Å². The second-order valence-electron chi connectivity index (χ2n) is 5.94. The van der Waals surface area contributed by atoms with Crippen molar-refractivity contribution in [1.29, 1.82) is 0 Å². The maximum Gasteiger partial charge on any atom is 0.325 e. The summed E-state index contributed by atoms with van der Waals surface area (Å²) in [5, 5.41) is 4.08. The molecule has 1 heterocycles. The predicted molar refractivity (Wildman–Crippen MR) is 106 cm³/mol. The van der Waals surface area contributed by atoms with Crippen molar-refractivity contribution in [2.24, 2.45) is 0 Å². The second kappa shape index (κ2) is 7.91. The van der Waals surface area contributed by atoms with Gasteiger partial charge in [-0.25, -0.2) is 4.79 Å². The van der Waals surface area contributed by atoms with Crippen molar-refractivity contribution < 1.29 is 9.59 Å². The van der Waals surface area contributed by atoms with Gasteiger partial charge in [0.1, 0.15) is 5.54 Å². The van der Waals surface area contributed by atoms with Crippen LogP contribution in [0.5, 0.6) is 0 Å². The number of imide groups is 1. The first kappa shape index (κ1) is 19.1. The molecule has 0 spiro atoms. The number of benzene rings is 2. The molecule has 2 aromatic carbocycles. The molecule has 26 heavy (non-hydrogen) atoms. The zero-order valence-electron chi connectivity index (χ0n) is 14.2. The van der Waals surface area contributed by atoms with Crippen molar-refractivity contribution in [3.63, 3.8) is 0 Å². The molecule has 1 atom stereocenters. The van der Waals surface area contributed by atoms with Gasteiger partial charge in [0.15, 0.2) is 0 Å². The van der Waals surface area contributed by atoms with E-state index in [9.17, 15) is 9.59 Å². The molecule has 2 aromatic rings. The normalized spacial score (nSPS) is 19.7.